The molecule has 1 aromatic rings. The summed E-state index contributed by atoms with van der Waals surface area (Å²) in [6.07, 6.45) is 1.20. The van der Waals surface area contributed by atoms with E-state index in [0.29, 0.717) is 31.3 Å². The molecule has 0 aliphatic carbocycles. The van der Waals surface area contributed by atoms with Gasteiger partial charge in [0, 0.05) is 13.1 Å². The van der Waals surface area contributed by atoms with Crippen molar-refractivity contribution in [2.75, 3.05) is 19.6 Å². The van der Waals surface area contributed by atoms with Crippen molar-refractivity contribution in [3.63, 3.8) is 0 Å². The first-order valence-corrected chi connectivity index (χ1v) is 7.49. The number of amides is 1. The van der Waals surface area contributed by atoms with Gasteiger partial charge in [-0.25, -0.2) is 4.39 Å². The first-order valence-electron chi connectivity index (χ1n) is 7.12. The molecule has 1 fully saturated rings. The molecule has 7 heteroatoms. The van der Waals surface area contributed by atoms with Crippen molar-refractivity contribution in [2.24, 2.45) is 11.7 Å². The van der Waals surface area contributed by atoms with Gasteiger partial charge in [0.1, 0.15) is 11.6 Å². The van der Waals surface area contributed by atoms with E-state index >= 15 is 0 Å². The van der Waals surface area contributed by atoms with Crippen LogP contribution in [0, 0.1) is 11.7 Å². The van der Waals surface area contributed by atoms with E-state index in [2.05, 4.69) is 0 Å². The Balaban J connectivity index is 0.00000242. The summed E-state index contributed by atoms with van der Waals surface area (Å²) in [5.41, 5.74) is 5.64. The number of piperidine rings is 1. The van der Waals surface area contributed by atoms with Gasteiger partial charge in [-0.3, -0.25) is 4.79 Å². The summed E-state index contributed by atoms with van der Waals surface area (Å²) in [7, 11) is 0. The normalized spacial score (nSPS) is 16.8. The lowest BCUT2D eigenvalue weighted by atomic mass is 9.97. The highest BCUT2D eigenvalue weighted by molar-refractivity contribution is 6.32. The molecule has 2 N–H and O–H groups in total. The lowest BCUT2D eigenvalue weighted by Crippen LogP contribution is -2.45. The van der Waals surface area contributed by atoms with Crippen LogP contribution < -0.4 is 10.5 Å². The van der Waals surface area contributed by atoms with Gasteiger partial charge in [0.25, 0.3) is 5.91 Å². The van der Waals surface area contributed by atoms with Crippen molar-refractivity contribution >= 4 is 29.9 Å². The third-order valence-electron chi connectivity index (χ3n) is 3.80. The molecule has 124 valence electrons. The summed E-state index contributed by atoms with van der Waals surface area (Å²) in [4.78, 5) is 14.1. The Morgan fingerprint density at radius 1 is 1.50 bits per heavy atom. The fourth-order valence-corrected chi connectivity index (χ4v) is 2.67. The van der Waals surface area contributed by atoms with Crippen LogP contribution in [0.3, 0.4) is 0 Å². The van der Waals surface area contributed by atoms with Crippen molar-refractivity contribution in [2.45, 2.75) is 25.9 Å². The number of benzene rings is 1. The van der Waals surface area contributed by atoms with Gasteiger partial charge in [0.2, 0.25) is 0 Å². The van der Waals surface area contributed by atoms with Crippen molar-refractivity contribution in [3.8, 4) is 5.75 Å². The minimum Gasteiger partial charge on any atom is -0.479 e. The maximum absolute atomic E-state index is 13.0. The van der Waals surface area contributed by atoms with E-state index in [-0.39, 0.29) is 23.3 Å². The van der Waals surface area contributed by atoms with Crippen LogP contribution >= 0.6 is 24.0 Å². The summed E-state index contributed by atoms with van der Waals surface area (Å²) in [6, 6.07) is 3.86. The predicted molar refractivity (Wildman–Crippen MR) is 87.1 cm³/mol. The Bertz CT molecular complexity index is 508. The Hall–Kier alpha value is -1.04. The molecule has 0 saturated carbocycles. The van der Waals surface area contributed by atoms with Crippen LogP contribution in [0.15, 0.2) is 18.2 Å². The van der Waals surface area contributed by atoms with Crippen LogP contribution in [0.2, 0.25) is 5.02 Å². The maximum atomic E-state index is 13.0. The number of halogens is 3. The van der Waals surface area contributed by atoms with Crippen LogP contribution in [-0.4, -0.2) is 36.5 Å². The second-order valence-electron chi connectivity index (χ2n) is 5.34. The molecular formula is C15H21Cl2FN2O2. The highest BCUT2D eigenvalue weighted by atomic mass is 35.5. The molecule has 2 rings (SSSR count). The van der Waals surface area contributed by atoms with Gasteiger partial charge < -0.3 is 15.4 Å². The van der Waals surface area contributed by atoms with E-state index in [9.17, 15) is 9.18 Å². The average molecular weight is 351 g/mol. The van der Waals surface area contributed by atoms with Gasteiger partial charge in [0.15, 0.2) is 6.10 Å². The fraction of sp³-hybridized carbons (Fsp3) is 0.533. The van der Waals surface area contributed by atoms with E-state index in [1.807, 2.05) is 0 Å². The molecular weight excluding hydrogens is 330 g/mol. The molecule has 1 aliphatic rings. The minimum atomic E-state index is -0.651. The molecule has 1 saturated heterocycles. The molecule has 1 atom stereocenters. The molecule has 0 bridgehead atoms. The lowest BCUT2D eigenvalue weighted by Gasteiger charge is -2.33. The first kappa shape index (κ1) is 19.0. The molecule has 1 heterocycles. The SMILES string of the molecule is CC(Oc1ccc(F)cc1Cl)C(=O)N1CCC(CN)CC1.Cl. The van der Waals surface area contributed by atoms with E-state index < -0.39 is 11.9 Å². The Kier molecular flexibility index (Phi) is 7.39. The molecule has 1 aromatic carbocycles. The summed E-state index contributed by atoms with van der Waals surface area (Å²) < 4.78 is 18.5. The molecule has 0 spiro atoms. The molecule has 1 aliphatic heterocycles. The van der Waals surface area contributed by atoms with E-state index in [1.54, 1.807) is 11.8 Å². The first-order chi connectivity index (χ1) is 10.0. The van der Waals surface area contributed by atoms with Gasteiger partial charge in [-0.05, 0) is 50.4 Å². The van der Waals surface area contributed by atoms with Gasteiger partial charge >= 0.3 is 0 Å². The van der Waals surface area contributed by atoms with Crippen LogP contribution in [0.25, 0.3) is 0 Å². The number of ether oxygens (including phenoxy) is 1. The molecule has 22 heavy (non-hydrogen) atoms. The Labute approximate surface area is 141 Å². The second kappa shape index (κ2) is 8.56. The van der Waals surface area contributed by atoms with E-state index in [0.717, 1.165) is 12.8 Å². The zero-order chi connectivity index (χ0) is 15.4. The molecule has 1 amide bonds. The third kappa shape index (κ3) is 4.73. The smallest absolute Gasteiger partial charge is 0.263 e. The quantitative estimate of drug-likeness (QED) is 0.908. The van der Waals surface area contributed by atoms with E-state index in [1.165, 1.54) is 18.2 Å². The third-order valence-corrected chi connectivity index (χ3v) is 4.10. The Morgan fingerprint density at radius 2 is 2.14 bits per heavy atom. The van der Waals surface area contributed by atoms with Crippen molar-refractivity contribution in [1.82, 2.24) is 4.90 Å². The lowest BCUT2D eigenvalue weighted by molar-refractivity contribution is -0.139. The van der Waals surface area contributed by atoms with Crippen LogP contribution in [-0.2, 0) is 4.79 Å². The molecule has 4 nitrogen and oxygen atoms in total. The fourth-order valence-electron chi connectivity index (χ4n) is 2.46. The highest BCUT2D eigenvalue weighted by Crippen LogP contribution is 2.26. The number of hydrogen-bond donors (Lipinski definition) is 1. The zero-order valence-corrected chi connectivity index (χ0v) is 14.0. The average Bonchev–Trinajstić information content (AvgIpc) is 2.49. The standard InChI is InChI=1S/C15H20ClFN2O2.ClH/c1-10(21-14-3-2-12(17)8-13(14)16)15(20)19-6-4-11(9-18)5-7-19;/h2-3,8,10-11H,4-7,9,18H2,1H3;1H. The predicted octanol–water partition coefficient (Wildman–Crippen LogP) is 2.87. The maximum Gasteiger partial charge on any atom is 0.263 e. The molecule has 0 radical (unpaired) electrons. The van der Waals surface area contributed by atoms with Gasteiger partial charge in [0.05, 0.1) is 5.02 Å². The number of rotatable bonds is 4. The summed E-state index contributed by atoms with van der Waals surface area (Å²) in [5, 5.41) is 0.163. The van der Waals surface area contributed by atoms with Crippen LogP contribution in [0.4, 0.5) is 4.39 Å². The van der Waals surface area contributed by atoms with Crippen molar-refractivity contribution in [3.05, 3.63) is 29.0 Å². The summed E-state index contributed by atoms with van der Waals surface area (Å²) in [5.74, 6) is 0.300. The monoisotopic (exact) mass is 350 g/mol. The van der Waals surface area contributed by atoms with Gasteiger partial charge in [-0.2, -0.15) is 0 Å². The number of hydrogen-bond acceptors (Lipinski definition) is 3. The minimum absolute atomic E-state index is 0. The largest absolute Gasteiger partial charge is 0.479 e. The zero-order valence-electron chi connectivity index (χ0n) is 12.4. The van der Waals surface area contributed by atoms with Gasteiger partial charge in [-0.1, -0.05) is 11.6 Å². The topological polar surface area (TPSA) is 55.6 Å². The van der Waals surface area contributed by atoms with Gasteiger partial charge in [-0.15, -0.1) is 12.4 Å². The summed E-state index contributed by atoms with van der Waals surface area (Å²) in [6.45, 7) is 3.74. The second-order valence-corrected chi connectivity index (χ2v) is 5.75. The van der Waals surface area contributed by atoms with Crippen molar-refractivity contribution < 1.29 is 13.9 Å². The number of likely N-dealkylation sites (tertiary alicyclic amines) is 1. The van der Waals surface area contributed by atoms with Crippen LogP contribution in [0.1, 0.15) is 19.8 Å². The van der Waals surface area contributed by atoms with E-state index in [4.69, 9.17) is 22.1 Å². The highest BCUT2D eigenvalue weighted by Gasteiger charge is 2.26. The van der Waals surface area contributed by atoms with Crippen molar-refractivity contribution in [1.29, 1.82) is 0 Å². The molecule has 1 unspecified atom stereocenters. The Morgan fingerprint density at radius 3 is 2.68 bits per heavy atom. The van der Waals surface area contributed by atoms with Crippen LogP contribution in [0.5, 0.6) is 5.75 Å². The number of carbonyl (C=O) groups excluding carboxylic acids is 1. The summed E-state index contributed by atoms with van der Waals surface area (Å²) >= 11 is 5.90. The number of nitrogens with two attached hydrogens (primary N) is 1. The number of carbonyl (C=O) groups is 1. The number of nitrogens with zero attached hydrogens (tertiary/aromatic N) is 1. The molecule has 0 aromatic heterocycles.